The first-order valence-corrected chi connectivity index (χ1v) is 5.62. The van der Waals surface area contributed by atoms with Crippen LogP contribution in [-0.2, 0) is 28.8 Å². The summed E-state index contributed by atoms with van der Waals surface area (Å²) in [7, 11) is 0. The Kier molecular flexibility index (Phi) is 90.8. The summed E-state index contributed by atoms with van der Waals surface area (Å²) in [5.41, 5.74) is 0. The molecule has 0 aromatic heterocycles. The van der Waals surface area contributed by atoms with Gasteiger partial charge in [-0.1, -0.05) is 0 Å². The molecule has 2 amide bonds. The molecule has 15 nitrogen and oxygen atoms in total. The van der Waals surface area contributed by atoms with E-state index in [2.05, 4.69) is 0 Å². The molecule has 0 atom stereocenters. The van der Waals surface area contributed by atoms with Crippen LogP contribution in [0.25, 0.3) is 0 Å². The van der Waals surface area contributed by atoms with Gasteiger partial charge in [-0.05, 0) is 0 Å². The summed E-state index contributed by atoms with van der Waals surface area (Å²) in [4.78, 5) is 55.8. The van der Waals surface area contributed by atoms with Crippen molar-refractivity contribution in [1.82, 2.24) is 29.9 Å². The number of aliphatic carboxylic acids is 4. The van der Waals surface area contributed by atoms with E-state index in [-0.39, 0.29) is 36.4 Å². The largest absolute Gasteiger partial charge is 0.481 e. The van der Waals surface area contributed by atoms with Crippen LogP contribution in [0.2, 0.25) is 0 Å². The number of carboxylic acids is 4. The van der Waals surface area contributed by atoms with E-state index in [0.717, 1.165) is 27.7 Å². The maximum Gasteiger partial charge on any atom is 0.300 e. The van der Waals surface area contributed by atoms with Crippen LogP contribution in [0.4, 0.5) is 0 Å². The molecule has 27 heavy (non-hydrogen) atoms. The van der Waals surface area contributed by atoms with Crippen molar-refractivity contribution in [3.8, 4) is 0 Å². The highest BCUT2D eigenvalue weighted by atomic mass is 16.4. The summed E-state index contributed by atoms with van der Waals surface area (Å²) in [6.07, 6.45) is 0. The molecule has 0 aliphatic heterocycles. The summed E-state index contributed by atoms with van der Waals surface area (Å²) in [5.74, 6) is -3.96. The van der Waals surface area contributed by atoms with E-state index in [0.29, 0.717) is 0 Å². The first kappa shape index (κ1) is 56.5. The lowest BCUT2D eigenvalue weighted by molar-refractivity contribution is -0.135. The van der Waals surface area contributed by atoms with Crippen molar-refractivity contribution >= 4 is 35.7 Å². The number of hydrogen-bond acceptors (Lipinski definition) is 10. The van der Waals surface area contributed by atoms with Gasteiger partial charge in [-0.25, -0.2) is 0 Å². The van der Waals surface area contributed by atoms with E-state index in [1.807, 2.05) is 5.32 Å². The molecule has 0 aromatic rings. The van der Waals surface area contributed by atoms with Crippen LogP contribution >= 0.6 is 0 Å². The third-order valence-corrected chi connectivity index (χ3v) is 0.352. The van der Waals surface area contributed by atoms with Crippen molar-refractivity contribution in [1.29, 1.82) is 0 Å². The predicted molar refractivity (Wildman–Crippen MR) is 97.8 cm³/mol. The van der Waals surface area contributed by atoms with E-state index >= 15 is 0 Å². The SMILES string of the molecule is CC(=O)NC(C)=O.CC(=O)O.CC(=O)O.CC(=O)O.CC(=O)O.N.N.N.N. The smallest absolute Gasteiger partial charge is 0.300 e. The third-order valence-electron chi connectivity index (χ3n) is 0.352. The molecule has 0 unspecified atom stereocenters. The Morgan fingerprint density at radius 2 is 0.519 bits per heavy atom. The maximum absolute atomic E-state index is 9.92. The summed E-state index contributed by atoms with van der Waals surface area (Å²) in [6, 6.07) is 0. The summed E-state index contributed by atoms with van der Waals surface area (Å²) >= 11 is 0. The van der Waals surface area contributed by atoms with Crippen molar-refractivity contribution in [3.05, 3.63) is 0 Å². The zero-order chi connectivity index (χ0) is 20.2. The Labute approximate surface area is 157 Å². The molecule has 15 heteroatoms. The molecule has 0 radical (unpaired) electrons. The maximum atomic E-state index is 9.92. The minimum Gasteiger partial charge on any atom is -0.481 e. The normalized spacial score (nSPS) is 5.70. The second-order valence-corrected chi connectivity index (χ2v) is 3.31. The standard InChI is InChI=1S/C4H7NO2.4C2H4O2.4H3N/c1-3(6)5-4(2)7;4*1-2(3)4;;;;/h1-2H3,(H,5,6,7);4*1H3,(H,3,4);4*1H3. The van der Waals surface area contributed by atoms with Gasteiger partial charge in [0.25, 0.3) is 23.9 Å². The van der Waals surface area contributed by atoms with Crippen molar-refractivity contribution < 1.29 is 49.2 Å². The van der Waals surface area contributed by atoms with Gasteiger partial charge >= 0.3 is 0 Å². The second kappa shape index (κ2) is 43.4. The quantitative estimate of drug-likeness (QED) is 0.265. The molecule has 0 fully saturated rings. The van der Waals surface area contributed by atoms with Gasteiger partial charge in [0.05, 0.1) is 0 Å². The Hall–Kier alpha value is -3.14. The van der Waals surface area contributed by atoms with E-state index in [1.165, 1.54) is 13.8 Å². The van der Waals surface area contributed by atoms with Crippen molar-refractivity contribution in [2.24, 2.45) is 0 Å². The number of carbonyl (C=O) groups excluding carboxylic acids is 2. The predicted octanol–water partition coefficient (Wildman–Crippen LogP) is 0.681. The van der Waals surface area contributed by atoms with Crippen LogP contribution in [0.3, 0.4) is 0 Å². The number of carboxylic acid groups (broad SMARTS) is 4. The van der Waals surface area contributed by atoms with Gasteiger partial charge in [-0.2, -0.15) is 0 Å². The minimum absolute atomic E-state index is 0. The molecule has 0 saturated heterocycles. The van der Waals surface area contributed by atoms with Gasteiger partial charge in [0, 0.05) is 41.5 Å². The summed E-state index contributed by atoms with van der Waals surface area (Å²) in [6.45, 7) is 6.92. The molecular formula is C12H35N5O10. The Balaban J connectivity index is -0.0000000211. The van der Waals surface area contributed by atoms with E-state index in [9.17, 15) is 9.59 Å². The van der Waals surface area contributed by atoms with Crippen molar-refractivity contribution in [2.75, 3.05) is 0 Å². The molecule has 0 rings (SSSR count). The highest BCUT2D eigenvalue weighted by molar-refractivity contribution is 5.92. The lowest BCUT2D eigenvalue weighted by Gasteiger charge is -1.88. The molecule has 168 valence electrons. The minimum atomic E-state index is -0.833. The van der Waals surface area contributed by atoms with Gasteiger partial charge in [-0.15, -0.1) is 0 Å². The summed E-state index contributed by atoms with van der Waals surface area (Å²) in [5, 5.41) is 31.7. The molecule has 0 spiro atoms. The molecule has 0 aromatic carbocycles. The second-order valence-electron chi connectivity index (χ2n) is 3.31. The van der Waals surface area contributed by atoms with Crippen LogP contribution in [0.15, 0.2) is 0 Å². The lowest BCUT2D eigenvalue weighted by Crippen LogP contribution is -2.24. The van der Waals surface area contributed by atoms with Crippen molar-refractivity contribution in [2.45, 2.75) is 41.5 Å². The van der Waals surface area contributed by atoms with E-state index in [4.69, 9.17) is 39.6 Å². The van der Waals surface area contributed by atoms with E-state index < -0.39 is 23.9 Å². The average Bonchev–Trinajstić information content (AvgIpc) is 2.09. The van der Waals surface area contributed by atoms with Gasteiger partial charge < -0.3 is 45.0 Å². The van der Waals surface area contributed by atoms with E-state index in [1.54, 1.807) is 0 Å². The Morgan fingerprint density at radius 1 is 0.444 bits per heavy atom. The van der Waals surface area contributed by atoms with Crippen LogP contribution < -0.4 is 29.9 Å². The van der Waals surface area contributed by atoms with Crippen LogP contribution in [-0.4, -0.2) is 56.1 Å². The molecule has 17 N–H and O–H groups in total. The van der Waals surface area contributed by atoms with Gasteiger partial charge in [-0.3, -0.25) is 34.1 Å². The fourth-order valence-electron chi connectivity index (χ4n) is 0.248. The lowest BCUT2D eigenvalue weighted by atomic mass is 10.6. The topological polar surface area (TPSA) is 335 Å². The molecule has 0 saturated carbocycles. The first-order valence-electron chi connectivity index (χ1n) is 5.62. The van der Waals surface area contributed by atoms with Crippen LogP contribution in [0.1, 0.15) is 41.5 Å². The molecule has 0 aliphatic carbocycles. The number of carbonyl (C=O) groups is 6. The van der Waals surface area contributed by atoms with Gasteiger partial charge in [0.1, 0.15) is 0 Å². The highest BCUT2D eigenvalue weighted by Crippen LogP contribution is 1.58. The number of amides is 2. The van der Waals surface area contributed by atoms with Gasteiger partial charge in [0.2, 0.25) is 11.8 Å². The fraction of sp³-hybridized carbons (Fsp3) is 0.500. The summed E-state index contributed by atoms with van der Waals surface area (Å²) < 4.78 is 0. The highest BCUT2D eigenvalue weighted by Gasteiger charge is 1.90. The molecular weight excluding hydrogens is 374 g/mol. The van der Waals surface area contributed by atoms with Crippen LogP contribution in [0.5, 0.6) is 0 Å². The van der Waals surface area contributed by atoms with Crippen molar-refractivity contribution in [3.63, 3.8) is 0 Å². The molecule has 0 heterocycles. The average molecular weight is 409 g/mol. The van der Waals surface area contributed by atoms with Gasteiger partial charge in [0.15, 0.2) is 0 Å². The third kappa shape index (κ3) is 13400. The Bertz CT molecular complexity index is 326. The number of nitrogens with one attached hydrogen (secondary N) is 1. The number of rotatable bonds is 0. The molecule has 0 bridgehead atoms. The molecule has 0 aliphatic rings. The van der Waals surface area contributed by atoms with Crippen LogP contribution in [0, 0.1) is 0 Å². The Morgan fingerprint density at radius 3 is 0.519 bits per heavy atom. The first-order chi connectivity index (χ1) is 10.1. The monoisotopic (exact) mass is 409 g/mol. The number of hydrogen-bond donors (Lipinski definition) is 9. The number of imide groups is 1. The zero-order valence-electron chi connectivity index (χ0n) is 16.6. The fourth-order valence-corrected chi connectivity index (χ4v) is 0.248. The zero-order valence-corrected chi connectivity index (χ0v) is 16.6.